The largest absolute Gasteiger partial charge is 0.381 e. The van der Waals surface area contributed by atoms with Gasteiger partial charge in [-0.15, -0.1) is 11.3 Å². The molecule has 2 aliphatic rings. The number of nitrogens with one attached hydrogen (secondary N) is 1. The summed E-state index contributed by atoms with van der Waals surface area (Å²) in [5.74, 6) is 0.308. The zero-order valence-electron chi connectivity index (χ0n) is 16.7. The van der Waals surface area contributed by atoms with Gasteiger partial charge < -0.3 is 10.1 Å². The molecule has 0 unspecified atom stereocenters. The number of benzene rings is 1. The average molecular weight is 417 g/mol. The van der Waals surface area contributed by atoms with E-state index >= 15 is 0 Å². The Labute approximate surface area is 176 Å². The van der Waals surface area contributed by atoms with Crippen LogP contribution in [-0.4, -0.2) is 43.7 Å². The lowest BCUT2D eigenvalue weighted by Crippen LogP contribution is -2.49. The number of hydrogen-bond donors (Lipinski definition) is 1. The van der Waals surface area contributed by atoms with Crippen molar-refractivity contribution in [3.8, 4) is 0 Å². The van der Waals surface area contributed by atoms with E-state index in [-0.39, 0.29) is 11.7 Å². The van der Waals surface area contributed by atoms with Crippen LogP contribution >= 0.6 is 11.3 Å². The Balaban J connectivity index is 1.32. The smallest absolute Gasteiger partial charge is 0.230 e. The summed E-state index contributed by atoms with van der Waals surface area (Å²) in [6.07, 6.45) is 3.50. The van der Waals surface area contributed by atoms with Crippen LogP contribution in [0.4, 0.5) is 4.39 Å². The normalized spacial score (nSPS) is 20.4. The van der Waals surface area contributed by atoms with Gasteiger partial charge in [-0.3, -0.25) is 9.69 Å². The molecule has 0 atom stereocenters. The summed E-state index contributed by atoms with van der Waals surface area (Å²) >= 11 is 1.81. The first kappa shape index (κ1) is 20.5. The number of likely N-dealkylation sites (tertiary alicyclic amines) is 1. The van der Waals surface area contributed by atoms with Gasteiger partial charge in [-0.05, 0) is 73.8 Å². The molecule has 0 aliphatic carbocycles. The number of halogens is 1. The topological polar surface area (TPSA) is 41.6 Å². The number of ether oxygens (including phenoxy) is 1. The van der Waals surface area contributed by atoms with E-state index in [9.17, 15) is 9.18 Å². The van der Waals surface area contributed by atoms with Gasteiger partial charge in [-0.2, -0.15) is 0 Å². The third-order valence-corrected chi connectivity index (χ3v) is 7.26. The van der Waals surface area contributed by atoms with Gasteiger partial charge in [0.25, 0.3) is 0 Å². The van der Waals surface area contributed by atoms with Crippen molar-refractivity contribution in [3.05, 3.63) is 58.0 Å². The first-order valence-electron chi connectivity index (χ1n) is 10.5. The van der Waals surface area contributed by atoms with E-state index in [1.807, 2.05) is 11.3 Å². The average Bonchev–Trinajstić information content (AvgIpc) is 3.27. The maximum absolute atomic E-state index is 13.4. The van der Waals surface area contributed by atoms with Crippen molar-refractivity contribution >= 4 is 17.2 Å². The van der Waals surface area contributed by atoms with Gasteiger partial charge in [-0.25, -0.2) is 4.39 Å². The van der Waals surface area contributed by atoms with Crippen molar-refractivity contribution in [2.45, 2.75) is 37.6 Å². The summed E-state index contributed by atoms with van der Waals surface area (Å²) in [4.78, 5) is 17.2. The molecule has 2 aromatic rings. The van der Waals surface area contributed by atoms with E-state index in [2.05, 4.69) is 27.7 Å². The fourth-order valence-corrected chi connectivity index (χ4v) is 5.26. The maximum Gasteiger partial charge on any atom is 0.230 e. The number of piperidine rings is 1. The van der Waals surface area contributed by atoms with Crippen LogP contribution in [0.5, 0.6) is 0 Å². The maximum atomic E-state index is 13.4. The molecule has 2 fully saturated rings. The molecule has 0 saturated carbocycles. The molecule has 2 saturated heterocycles. The molecule has 1 aromatic heterocycles. The molecule has 3 heterocycles. The molecule has 0 bridgehead atoms. The van der Waals surface area contributed by atoms with Gasteiger partial charge in [0, 0.05) is 31.2 Å². The number of hydrogen-bond acceptors (Lipinski definition) is 4. The second-order valence-electron chi connectivity index (χ2n) is 8.21. The zero-order valence-corrected chi connectivity index (χ0v) is 17.6. The Morgan fingerprint density at radius 1 is 1.17 bits per heavy atom. The lowest BCUT2D eigenvalue weighted by molar-refractivity contribution is -0.130. The summed E-state index contributed by atoms with van der Waals surface area (Å²) in [5.41, 5.74) is 0.289. The van der Waals surface area contributed by atoms with Crippen LogP contribution in [0.15, 0.2) is 41.8 Å². The van der Waals surface area contributed by atoms with Crippen molar-refractivity contribution in [1.82, 2.24) is 10.2 Å². The van der Waals surface area contributed by atoms with Crippen LogP contribution in [-0.2, 0) is 21.5 Å². The van der Waals surface area contributed by atoms with Gasteiger partial charge in [-0.1, -0.05) is 18.2 Å². The highest BCUT2D eigenvalue weighted by Gasteiger charge is 2.41. The second-order valence-corrected chi connectivity index (χ2v) is 9.24. The highest BCUT2D eigenvalue weighted by molar-refractivity contribution is 7.09. The molecular weight excluding hydrogens is 387 g/mol. The number of nitrogens with zero attached hydrogens (tertiary/aromatic N) is 1. The lowest BCUT2D eigenvalue weighted by atomic mass is 9.73. The van der Waals surface area contributed by atoms with Crippen molar-refractivity contribution < 1.29 is 13.9 Å². The number of amides is 1. The van der Waals surface area contributed by atoms with E-state index in [1.54, 1.807) is 12.1 Å². The fraction of sp³-hybridized carbons (Fsp3) is 0.522. The Morgan fingerprint density at radius 3 is 2.55 bits per heavy atom. The van der Waals surface area contributed by atoms with Crippen LogP contribution in [0.1, 0.15) is 36.1 Å². The van der Waals surface area contributed by atoms with Crippen LogP contribution in [0.2, 0.25) is 0 Å². The lowest BCUT2D eigenvalue weighted by Gasteiger charge is -2.37. The van der Waals surface area contributed by atoms with Gasteiger partial charge in [0.15, 0.2) is 0 Å². The predicted molar refractivity (Wildman–Crippen MR) is 113 cm³/mol. The highest BCUT2D eigenvalue weighted by Crippen LogP contribution is 2.35. The molecule has 1 aromatic carbocycles. The minimum Gasteiger partial charge on any atom is -0.381 e. The molecule has 0 radical (unpaired) electrons. The van der Waals surface area contributed by atoms with Crippen LogP contribution in [0.25, 0.3) is 0 Å². The van der Waals surface area contributed by atoms with Crippen molar-refractivity contribution in [2.75, 3.05) is 32.8 Å². The summed E-state index contributed by atoms with van der Waals surface area (Å²) in [6.45, 7) is 5.03. The molecule has 0 spiro atoms. The van der Waals surface area contributed by atoms with Crippen molar-refractivity contribution in [2.24, 2.45) is 5.92 Å². The summed E-state index contributed by atoms with van der Waals surface area (Å²) < 4.78 is 18.9. The monoisotopic (exact) mass is 416 g/mol. The van der Waals surface area contributed by atoms with Gasteiger partial charge in [0.05, 0.1) is 5.41 Å². The minimum atomic E-state index is -0.605. The SMILES string of the molecule is O=C(NCC1CCN(Cc2cccs2)CC1)C1(c2ccc(F)cc2)CCOCC1. The molecule has 156 valence electrons. The summed E-state index contributed by atoms with van der Waals surface area (Å²) in [7, 11) is 0. The van der Waals surface area contributed by atoms with Crippen LogP contribution in [0, 0.1) is 11.7 Å². The molecule has 1 N–H and O–H groups in total. The highest BCUT2D eigenvalue weighted by atomic mass is 32.1. The number of carbonyl (C=O) groups is 1. The Morgan fingerprint density at radius 2 is 1.90 bits per heavy atom. The number of thiophene rings is 1. The van der Waals surface area contributed by atoms with Crippen LogP contribution < -0.4 is 5.32 Å². The van der Waals surface area contributed by atoms with E-state index in [0.29, 0.717) is 32.0 Å². The Kier molecular flexibility index (Phi) is 6.63. The molecule has 29 heavy (non-hydrogen) atoms. The van der Waals surface area contributed by atoms with E-state index in [0.717, 1.165) is 44.6 Å². The number of rotatable bonds is 6. The molecule has 1 amide bonds. The molecule has 4 rings (SSSR count). The van der Waals surface area contributed by atoms with Gasteiger partial charge in [0.1, 0.15) is 5.82 Å². The molecule has 2 aliphatic heterocycles. The standard InChI is InChI=1S/C23H29FN2O2S/c24-20-5-3-19(4-6-20)23(9-13-28-14-10-23)22(27)25-16-18-7-11-26(12-8-18)17-21-2-1-15-29-21/h1-6,15,18H,7-14,16-17H2,(H,25,27). The second kappa shape index (κ2) is 9.37. The van der Waals surface area contributed by atoms with Gasteiger partial charge in [0.2, 0.25) is 5.91 Å². The van der Waals surface area contributed by atoms with Crippen molar-refractivity contribution in [1.29, 1.82) is 0 Å². The molecule has 6 heteroatoms. The fourth-order valence-electron chi connectivity index (χ4n) is 4.51. The van der Waals surface area contributed by atoms with Crippen LogP contribution in [0.3, 0.4) is 0 Å². The van der Waals surface area contributed by atoms with Crippen molar-refractivity contribution in [3.63, 3.8) is 0 Å². The molecular formula is C23H29FN2O2S. The Bertz CT molecular complexity index is 780. The van der Waals surface area contributed by atoms with E-state index < -0.39 is 5.41 Å². The first-order valence-corrected chi connectivity index (χ1v) is 11.4. The number of carbonyl (C=O) groups excluding carboxylic acids is 1. The Hall–Kier alpha value is -1.76. The summed E-state index contributed by atoms with van der Waals surface area (Å²) in [6, 6.07) is 10.7. The first-order chi connectivity index (χ1) is 14.2. The minimum absolute atomic E-state index is 0.0634. The zero-order chi connectivity index (χ0) is 20.1. The third-order valence-electron chi connectivity index (χ3n) is 6.40. The van der Waals surface area contributed by atoms with E-state index in [4.69, 9.17) is 4.74 Å². The van der Waals surface area contributed by atoms with Gasteiger partial charge >= 0.3 is 0 Å². The molecule has 4 nitrogen and oxygen atoms in total. The van der Waals surface area contributed by atoms with E-state index in [1.165, 1.54) is 17.0 Å². The third kappa shape index (κ3) is 4.87. The summed E-state index contributed by atoms with van der Waals surface area (Å²) in [5, 5.41) is 5.36. The quantitative estimate of drug-likeness (QED) is 0.775. The predicted octanol–water partition coefficient (Wildman–Crippen LogP) is 3.96.